The Labute approximate surface area is 122 Å². The van der Waals surface area contributed by atoms with Crippen LogP contribution in [0.1, 0.15) is 33.6 Å². The Morgan fingerprint density at radius 2 is 1.89 bits per heavy atom. The smallest absolute Gasteiger partial charge is 0.212 e. The lowest BCUT2D eigenvalue weighted by Gasteiger charge is -2.32. The van der Waals surface area contributed by atoms with Gasteiger partial charge in [-0.3, -0.25) is 4.90 Å². The number of hydrogen-bond acceptors (Lipinski definition) is 4. The fraction of sp³-hybridized carbons (Fsp3) is 0.917. The lowest BCUT2D eigenvalue weighted by atomic mass is 10.0. The molecule has 1 aliphatic heterocycles. The number of nitrogens with zero attached hydrogens (tertiary/aromatic N) is 1. The van der Waals surface area contributed by atoms with Crippen molar-refractivity contribution in [2.45, 2.75) is 39.7 Å². The van der Waals surface area contributed by atoms with Crippen molar-refractivity contribution >= 4 is 27.2 Å². The zero-order valence-corrected chi connectivity index (χ0v) is 13.6. The van der Waals surface area contributed by atoms with E-state index in [1.54, 1.807) is 0 Å². The fourth-order valence-corrected chi connectivity index (χ4v) is 4.44. The lowest BCUT2D eigenvalue weighted by Crippen LogP contribution is -2.47. The lowest BCUT2D eigenvalue weighted by molar-refractivity contribution is 0.232. The molecule has 1 fully saturated rings. The molecular weight excluding hydrogens is 282 g/mol. The van der Waals surface area contributed by atoms with Gasteiger partial charge in [0.05, 0.1) is 10.7 Å². The normalized spacial score (nSPS) is 19.5. The minimum Gasteiger partial charge on any atom is -0.392 e. The zero-order valence-electron chi connectivity index (χ0n) is 12.0. The molecular formula is C12H25N3O2S2. The monoisotopic (exact) mass is 307 g/mol. The molecule has 0 atom stereocenters. The van der Waals surface area contributed by atoms with Gasteiger partial charge in [0, 0.05) is 25.7 Å². The van der Waals surface area contributed by atoms with E-state index in [1.807, 2.05) is 20.8 Å². The maximum absolute atomic E-state index is 12.0. The van der Waals surface area contributed by atoms with Crippen LogP contribution in [0.3, 0.4) is 0 Å². The molecule has 19 heavy (non-hydrogen) atoms. The van der Waals surface area contributed by atoms with E-state index in [2.05, 4.69) is 9.62 Å². The van der Waals surface area contributed by atoms with Gasteiger partial charge in [-0.15, -0.1) is 0 Å². The molecule has 0 radical (unpaired) electrons. The molecule has 0 aliphatic carbocycles. The summed E-state index contributed by atoms with van der Waals surface area (Å²) in [6, 6.07) is 0.0370. The van der Waals surface area contributed by atoms with Gasteiger partial charge in [-0.25, -0.2) is 13.1 Å². The van der Waals surface area contributed by atoms with Gasteiger partial charge in [-0.1, -0.05) is 33.0 Å². The number of sulfonamides is 1. The number of hydrogen-bond donors (Lipinski definition) is 2. The van der Waals surface area contributed by atoms with Crippen molar-refractivity contribution in [2.75, 3.05) is 25.4 Å². The van der Waals surface area contributed by atoms with Crippen molar-refractivity contribution < 1.29 is 8.42 Å². The Morgan fingerprint density at radius 3 is 2.32 bits per heavy atom. The van der Waals surface area contributed by atoms with Crippen LogP contribution in [0.4, 0.5) is 0 Å². The predicted octanol–water partition coefficient (Wildman–Crippen LogP) is 0.702. The first-order chi connectivity index (χ1) is 8.57. The summed E-state index contributed by atoms with van der Waals surface area (Å²) in [5, 5.41) is 0. The van der Waals surface area contributed by atoms with Crippen LogP contribution < -0.4 is 10.5 Å². The highest BCUT2D eigenvalue weighted by atomic mass is 32.2. The molecule has 0 spiro atoms. The molecule has 0 aromatic heterocycles. The van der Waals surface area contributed by atoms with Crippen LogP contribution in [-0.4, -0.2) is 49.7 Å². The topological polar surface area (TPSA) is 75.4 Å². The first-order valence-corrected chi connectivity index (χ1v) is 8.64. The summed E-state index contributed by atoms with van der Waals surface area (Å²) in [6.07, 6.45) is 1.62. The minimum atomic E-state index is -3.20. The van der Waals surface area contributed by atoms with Gasteiger partial charge in [0.15, 0.2) is 0 Å². The fourth-order valence-electron chi connectivity index (χ4n) is 2.29. The standard InChI is InChI=1S/C12H25N3O2S2/c1-12(2,3)9-19(16,17)14-10-4-6-15(7-5-10)8-11(13)18/h10,14H,4-9H2,1-3H3,(H2,13,18). The van der Waals surface area contributed by atoms with Gasteiger partial charge in [-0.2, -0.15) is 0 Å². The molecule has 0 aromatic carbocycles. The highest BCUT2D eigenvalue weighted by Crippen LogP contribution is 2.17. The third kappa shape index (κ3) is 7.20. The van der Waals surface area contributed by atoms with Crippen LogP contribution in [0.25, 0.3) is 0 Å². The second-order valence-electron chi connectivity index (χ2n) is 6.45. The molecule has 1 aliphatic rings. The summed E-state index contributed by atoms with van der Waals surface area (Å²) >= 11 is 4.88. The Hall–Kier alpha value is -0.240. The van der Waals surface area contributed by atoms with Crippen molar-refractivity contribution in [3.8, 4) is 0 Å². The van der Waals surface area contributed by atoms with Gasteiger partial charge in [-0.05, 0) is 18.3 Å². The van der Waals surface area contributed by atoms with Gasteiger partial charge < -0.3 is 5.73 Å². The van der Waals surface area contributed by atoms with Crippen LogP contribution in [0.15, 0.2) is 0 Å². The maximum Gasteiger partial charge on any atom is 0.212 e. The van der Waals surface area contributed by atoms with E-state index in [0.717, 1.165) is 25.9 Å². The zero-order chi connectivity index (χ0) is 14.7. The van der Waals surface area contributed by atoms with Crippen molar-refractivity contribution in [3.05, 3.63) is 0 Å². The van der Waals surface area contributed by atoms with E-state index >= 15 is 0 Å². The number of nitrogens with two attached hydrogens (primary N) is 1. The summed E-state index contributed by atoms with van der Waals surface area (Å²) in [6.45, 7) is 8.07. The molecule has 0 saturated carbocycles. The molecule has 3 N–H and O–H groups in total. The highest BCUT2D eigenvalue weighted by Gasteiger charge is 2.27. The molecule has 1 heterocycles. The highest BCUT2D eigenvalue weighted by molar-refractivity contribution is 7.89. The molecule has 1 saturated heterocycles. The minimum absolute atomic E-state index is 0.0370. The quantitative estimate of drug-likeness (QED) is 0.731. The summed E-state index contributed by atoms with van der Waals surface area (Å²) in [7, 11) is -3.20. The summed E-state index contributed by atoms with van der Waals surface area (Å²) in [5.74, 6) is 0.160. The first kappa shape index (κ1) is 16.8. The van der Waals surface area contributed by atoms with Gasteiger partial charge in [0.2, 0.25) is 10.0 Å². The Kier molecular flexibility index (Phi) is 5.73. The van der Waals surface area contributed by atoms with Crippen LogP contribution in [0, 0.1) is 5.41 Å². The molecule has 5 nitrogen and oxygen atoms in total. The van der Waals surface area contributed by atoms with Crippen molar-refractivity contribution in [3.63, 3.8) is 0 Å². The SMILES string of the molecule is CC(C)(C)CS(=O)(=O)NC1CCN(CC(N)=S)CC1. The molecule has 0 unspecified atom stereocenters. The third-order valence-corrected chi connectivity index (χ3v) is 5.00. The average molecular weight is 307 g/mol. The average Bonchev–Trinajstić information content (AvgIpc) is 2.15. The van der Waals surface area contributed by atoms with Crippen molar-refractivity contribution in [2.24, 2.45) is 11.1 Å². The van der Waals surface area contributed by atoms with E-state index in [9.17, 15) is 8.42 Å². The predicted molar refractivity (Wildman–Crippen MR) is 82.6 cm³/mol. The molecule has 112 valence electrons. The summed E-state index contributed by atoms with van der Waals surface area (Å²) < 4.78 is 26.8. The molecule has 7 heteroatoms. The Balaban J connectivity index is 2.42. The second kappa shape index (κ2) is 6.47. The summed E-state index contributed by atoms with van der Waals surface area (Å²) in [5.41, 5.74) is 5.28. The van der Waals surface area contributed by atoms with E-state index in [1.165, 1.54) is 0 Å². The van der Waals surface area contributed by atoms with E-state index in [-0.39, 0.29) is 17.2 Å². The molecule has 1 rings (SSSR count). The summed E-state index contributed by atoms with van der Waals surface area (Å²) in [4.78, 5) is 2.66. The Morgan fingerprint density at radius 1 is 1.37 bits per heavy atom. The largest absolute Gasteiger partial charge is 0.392 e. The van der Waals surface area contributed by atoms with Crippen molar-refractivity contribution in [1.29, 1.82) is 0 Å². The number of nitrogens with one attached hydrogen (secondary N) is 1. The molecule has 0 amide bonds. The van der Waals surface area contributed by atoms with Crippen LogP contribution in [0.2, 0.25) is 0 Å². The van der Waals surface area contributed by atoms with E-state index in [4.69, 9.17) is 18.0 Å². The molecule has 0 aromatic rings. The number of thiocarbonyl (C=S) groups is 1. The molecule has 0 bridgehead atoms. The number of rotatable bonds is 5. The van der Waals surface area contributed by atoms with Gasteiger partial charge in [0.1, 0.15) is 0 Å². The maximum atomic E-state index is 12.0. The van der Waals surface area contributed by atoms with Gasteiger partial charge in [0.25, 0.3) is 0 Å². The second-order valence-corrected chi connectivity index (χ2v) is 8.73. The van der Waals surface area contributed by atoms with Crippen LogP contribution >= 0.6 is 12.2 Å². The van der Waals surface area contributed by atoms with Crippen molar-refractivity contribution in [1.82, 2.24) is 9.62 Å². The third-order valence-electron chi connectivity index (χ3n) is 2.94. The first-order valence-electron chi connectivity index (χ1n) is 6.58. The van der Waals surface area contributed by atoms with Gasteiger partial charge >= 0.3 is 0 Å². The van der Waals surface area contributed by atoms with Crippen LogP contribution in [-0.2, 0) is 10.0 Å². The van der Waals surface area contributed by atoms with E-state index < -0.39 is 10.0 Å². The van der Waals surface area contributed by atoms with Crippen LogP contribution in [0.5, 0.6) is 0 Å². The number of likely N-dealkylation sites (tertiary alicyclic amines) is 1. The number of piperidine rings is 1. The Bertz CT molecular complexity index is 407. The van der Waals surface area contributed by atoms with E-state index in [0.29, 0.717) is 11.5 Å².